The van der Waals surface area contributed by atoms with E-state index in [4.69, 9.17) is 0 Å². The molecule has 0 spiro atoms. The molecule has 0 bridgehead atoms. The first-order valence-corrected chi connectivity index (χ1v) is 7.14. The van der Waals surface area contributed by atoms with Crippen molar-refractivity contribution in [2.24, 2.45) is 0 Å². The SMILES string of the molecule is Cc1cc(Br)c(F)cc1NC(C)c1ccc([N+](=O)[O-])cc1. The molecule has 0 saturated carbocycles. The van der Waals surface area contributed by atoms with Gasteiger partial charge in [0, 0.05) is 23.9 Å². The van der Waals surface area contributed by atoms with E-state index in [-0.39, 0.29) is 17.5 Å². The summed E-state index contributed by atoms with van der Waals surface area (Å²) in [6.07, 6.45) is 0. The van der Waals surface area contributed by atoms with Crippen LogP contribution in [0, 0.1) is 22.9 Å². The van der Waals surface area contributed by atoms with Crippen LogP contribution in [0.3, 0.4) is 0 Å². The summed E-state index contributed by atoms with van der Waals surface area (Å²) in [6, 6.07) is 9.36. The zero-order valence-corrected chi connectivity index (χ0v) is 13.1. The van der Waals surface area contributed by atoms with Gasteiger partial charge in [-0.25, -0.2) is 4.39 Å². The lowest BCUT2D eigenvalue weighted by Gasteiger charge is -2.18. The standard InChI is InChI=1S/C15H14BrFN2O2/c1-9-7-13(16)14(17)8-15(9)18-10(2)11-3-5-12(6-4-11)19(20)21/h3-8,10,18H,1-2H3. The van der Waals surface area contributed by atoms with Gasteiger partial charge in [-0.1, -0.05) is 12.1 Å². The largest absolute Gasteiger partial charge is 0.378 e. The average Bonchev–Trinajstić information content (AvgIpc) is 2.44. The molecule has 1 N–H and O–H groups in total. The molecule has 1 unspecified atom stereocenters. The molecule has 0 fully saturated rings. The molecule has 0 aliphatic heterocycles. The van der Waals surface area contributed by atoms with Gasteiger partial charge in [0.05, 0.1) is 9.40 Å². The van der Waals surface area contributed by atoms with Crippen molar-refractivity contribution in [1.82, 2.24) is 0 Å². The van der Waals surface area contributed by atoms with Crippen molar-refractivity contribution in [2.45, 2.75) is 19.9 Å². The van der Waals surface area contributed by atoms with Crippen LogP contribution < -0.4 is 5.32 Å². The van der Waals surface area contributed by atoms with Crippen molar-refractivity contribution in [3.8, 4) is 0 Å². The Morgan fingerprint density at radius 3 is 2.48 bits per heavy atom. The van der Waals surface area contributed by atoms with Gasteiger partial charge < -0.3 is 5.32 Å². The van der Waals surface area contributed by atoms with E-state index in [2.05, 4.69) is 21.2 Å². The summed E-state index contributed by atoms with van der Waals surface area (Å²) in [4.78, 5) is 10.2. The zero-order valence-electron chi connectivity index (χ0n) is 11.6. The molecule has 2 aromatic carbocycles. The van der Waals surface area contributed by atoms with E-state index in [0.717, 1.165) is 11.1 Å². The van der Waals surface area contributed by atoms with Gasteiger partial charge in [-0.2, -0.15) is 0 Å². The Bertz CT molecular complexity index is 674. The average molecular weight is 353 g/mol. The lowest BCUT2D eigenvalue weighted by molar-refractivity contribution is -0.384. The molecular weight excluding hydrogens is 339 g/mol. The third kappa shape index (κ3) is 3.58. The van der Waals surface area contributed by atoms with Gasteiger partial charge in [-0.3, -0.25) is 10.1 Å². The maximum absolute atomic E-state index is 13.6. The number of non-ortho nitro benzene ring substituents is 1. The number of hydrogen-bond donors (Lipinski definition) is 1. The van der Waals surface area contributed by atoms with Crippen molar-refractivity contribution < 1.29 is 9.31 Å². The third-order valence-electron chi connectivity index (χ3n) is 3.24. The number of hydrogen-bond acceptors (Lipinski definition) is 3. The minimum Gasteiger partial charge on any atom is -0.378 e. The van der Waals surface area contributed by atoms with Gasteiger partial charge in [0.15, 0.2) is 0 Å². The minimum atomic E-state index is -0.434. The van der Waals surface area contributed by atoms with E-state index >= 15 is 0 Å². The molecule has 4 nitrogen and oxygen atoms in total. The second kappa shape index (κ2) is 6.22. The van der Waals surface area contributed by atoms with E-state index in [0.29, 0.717) is 10.2 Å². The number of nitrogens with one attached hydrogen (secondary N) is 1. The molecule has 0 aliphatic carbocycles. The number of benzene rings is 2. The fourth-order valence-corrected chi connectivity index (χ4v) is 2.46. The van der Waals surface area contributed by atoms with Crippen LogP contribution in [0.5, 0.6) is 0 Å². The monoisotopic (exact) mass is 352 g/mol. The number of halogens is 2. The summed E-state index contributed by atoms with van der Waals surface area (Å²) < 4.78 is 14.0. The van der Waals surface area contributed by atoms with Crippen LogP contribution in [-0.2, 0) is 0 Å². The van der Waals surface area contributed by atoms with E-state index in [1.807, 2.05) is 13.8 Å². The highest BCUT2D eigenvalue weighted by Crippen LogP contribution is 2.27. The molecule has 1 atom stereocenters. The predicted molar refractivity (Wildman–Crippen MR) is 84.0 cm³/mol. The highest BCUT2D eigenvalue weighted by atomic mass is 79.9. The first-order chi connectivity index (χ1) is 9.88. The van der Waals surface area contributed by atoms with Gasteiger partial charge in [0.2, 0.25) is 0 Å². The maximum Gasteiger partial charge on any atom is 0.269 e. The normalized spacial score (nSPS) is 12.0. The number of aryl methyl sites for hydroxylation is 1. The summed E-state index contributed by atoms with van der Waals surface area (Å²) in [7, 11) is 0. The molecule has 0 aromatic heterocycles. The smallest absolute Gasteiger partial charge is 0.269 e. The maximum atomic E-state index is 13.6. The van der Waals surface area contributed by atoms with Crippen molar-refractivity contribution in [1.29, 1.82) is 0 Å². The summed E-state index contributed by atoms with van der Waals surface area (Å²) in [5.74, 6) is -0.334. The molecule has 2 rings (SSSR count). The van der Waals surface area contributed by atoms with E-state index in [9.17, 15) is 14.5 Å². The van der Waals surface area contributed by atoms with Crippen molar-refractivity contribution >= 4 is 27.3 Å². The minimum absolute atomic E-state index is 0.0526. The van der Waals surface area contributed by atoms with E-state index < -0.39 is 4.92 Å². The summed E-state index contributed by atoms with van der Waals surface area (Å²) in [6.45, 7) is 3.80. The summed E-state index contributed by atoms with van der Waals surface area (Å²) in [5, 5.41) is 13.8. The zero-order chi connectivity index (χ0) is 15.6. The lowest BCUT2D eigenvalue weighted by Crippen LogP contribution is -2.08. The Morgan fingerprint density at radius 1 is 1.29 bits per heavy atom. The van der Waals surface area contributed by atoms with Gasteiger partial charge in [-0.05, 0) is 53.0 Å². The molecular formula is C15H14BrFN2O2. The lowest BCUT2D eigenvalue weighted by atomic mass is 10.1. The number of nitrogens with zero attached hydrogens (tertiary/aromatic N) is 1. The molecule has 6 heteroatoms. The number of rotatable bonds is 4. The second-order valence-electron chi connectivity index (χ2n) is 4.80. The van der Waals surface area contributed by atoms with Crippen molar-refractivity contribution in [3.05, 3.63) is 67.9 Å². The van der Waals surface area contributed by atoms with Gasteiger partial charge in [0.25, 0.3) is 5.69 Å². The summed E-state index contributed by atoms with van der Waals surface area (Å²) in [5.41, 5.74) is 2.55. The van der Waals surface area contributed by atoms with Crippen LogP contribution in [0.15, 0.2) is 40.9 Å². The molecule has 0 aliphatic rings. The summed E-state index contributed by atoms with van der Waals surface area (Å²) >= 11 is 3.15. The topological polar surface area (TPSA) is 55.2 Å². The van der Waals surface area contributed by atoms with Crippen LogP contribution >= 0.6 is 15.9 Å². The molecule has 0 heterocycles. The van der Waals surface area contributed by atoms with Gasteiger partial charge in [-0.15, -0.1) is 0 Å². The Kier molecular flexibility index (Phi) is 4.57. The Balaban J connectivity index is 2.19. The molecule has 21 heavy (non-hydrogen) atoms. The Labute approximate surface area is 130 Å². The Hall–Kier alpha value is -1.95. The highest BCUT2D eigenvalue weighted by molar-refractivity contribution is 9.10. The van der Waals surface area contributed by atoms with Crippen molar-refractivity contribution in [3.63, 3.8) is 0 Å². The van der Waals surface area contributed by atoms with E-state index in [1.165, 1.54) is 18.2 Å². The van der Waals surface area contributed by atoms with Crippen LogP contribution in [-0.4, -0.2) is 4.92 Å². The first-order valence-electron chi connectivity index (χ1n) is 6.35. The third-order valence-corrected chi connectivity index (χ3v) is 3.85. The number of anilines is 1. The van der Waals surface area contributed by atoms with Crippen LogP contribution in [0.25, 0.3) is 0 Å². The second-order valence-corrected chi connectivity index (χ2v) is 5.65. The molecule has 0 saturated heterocycles. The number of nitro benzene ring substituents is 1. The molecule has 0 amide bonds. The van der Waals surface area contributed by atoms with Crippen LogP contribution in [0.4, 0.5) is 15.8 Å². The molecule has 0 radical (unpaired) electrons. The van der Waals surface area contributed by atoms with Crippen LogP contribution in [0.1, 0.15) is 24.1 Å². The fourth-order valence-electron chi connectivity index (χ4n) is 2.00. The van der Waals surface area contributed by atoms with Gasteiger partial charge in [0.1, 0.15) is 5.82 Å². The van der Waals surface area contributed by atoms with Gasteiger partial charge >= 0.3 is 0 Å². The van der Waals surface area contributed by atoms with Crippen molar-refractivity contribution in [2.75, 3.05) is 5.32 Å². The quantitative estimate of drug-likeness (QED) is 0.623. The fraction of sp³-hybridized carbons (Fsp3) is 0.200. The molecule has 2 aromatic rings. The van der Waals surface area contributed by atoms with E-state index in [1.54, 1.807) is 18.2 Å². The Morgan fingerprint density at radius 2 is 1.90 bits per heavy atom. The first kappa shape index (κ1) is 15.4. The predicted octanol–water partition coefficient (Wildman–Crippen LogP) is 4.98. The van der Waals surface area contributed by atoms with Crippen LogP contribution in [0.2, 0.25) is 0 Å². The molecule has 110 valence electrons. The number of nitro groups is 1. The highest BCUT2D eigenvalue weighted by Gasteiger charge is 2.11.